The molecule has 12 heavy (non-hydrogen) atoms. The van der Waals surface area contributed by atoms with Gasteiger partial charge in [-0.3, -0.25) is 0 Å². The van der Waals surface area contributed by atoms with Gasteiger partial charge in [0.25, 0.3) is 0 Å². The second-order valence-electron chi connectivity index (χ2n) is 3.60. The topological polar surface area (TPSA) is 12.0 Å². The van der Waals surface area contributed by atoms with Gasteiger partial charge < -0.3 is 5.32 Å². The van der Waals surface area contributed by atoms with Crippen LogP contribution in [0.1, 0.15) is 52.9 Å². The molecule has 0 spiro atoms. The van der Waals surface area contributed by atoms with Crippen LogP contribution in [0.4, 0.5) is 0 Å². The molecule has 0 aromatic rings. The van der Waals surface area contributed by atoms with Crippen molar-refractivity contribution in [1.29, 1.82) is 0 Å². The molecule has 1 nitrogen and oxygen atoms in total. The van der Waals surface area contributed by atoms with Crippen LogP contribution in [-0.4, -0.2) is 13.1 Å². The maximum Gasteiger partial charge on any atom is -0.00206 e. The normalized spacial score (nSPS) is 13.2. The van der Waals surface area contributed by atoms with E-state index in [4.69, 9.17) is 0 Å². The first kappa shape index (κ1) is 12.0. The molecule has 0 aliphatic rings. The quantitative estimate of drug-likeness (QED) is 0.591. The Morgan fingerprint density at radius 2 is 1.75 bits per heavy atom. The summed E-state index contributed by atoms with van der Waals surface area (Å²) in [5.41, 5.74) is 0. The Kier molecular flexibility index (Phi) is 9.02. The molecule has 0 aliphatic carbocycles. The van der Waals surface area contributed by atoms with Gasteiger partial charge in [0.2, 0.25) is 0 Å². The summed E-state index contributed by atoms with van der Waals surface area (Å²) in [6.45, 7) is 9.08. The summed E-state index contributed by atoms with van der Waals surface area (Å²) in [6, 6.07) is 0. The maximum absolute atomic E-state index is 3.44. The van der Waals surface area contributed by atoms with E-state index in [1.54, 1.807) is 0 Å². The molecule has 0 amide bonds. The van der Waals surface area contributed by atoms with Crippen molar-refractivity contribution in [3.8, 4) is 0 Å². The lowest BCUT2D eigenvalue weighted by atomic mass is 9.97. The Balaban J connectivity index is 3.40. The molecule has 1 N–H and O–H groups in total. The first-order chi connectivity index (χ1) is 5.85. The van der Waals surface area contributed by atoms with Gasteiger partial charge >= 0.3 is 0 Å². The van der Waals surface area contributed by atoms with Crippen LogP contribution in [0.2, 0.25) is 0 Å². The molecule has 1 heteroatoms. The van der Waals surface area contributed by atoms with Crippen LogP contribution in [0.25, 0.3) is 0 Å². The average molecular weight is 171 g/mol. The zero-order chi connectivity index (χ0) is 9.23. The van der Waals surface area contributed by atoms with E-state index < -0.39 is 0 Å². The Morgan fingerprint density at radius 1 is 1.00 bits per heavy atom. The minimum Gasteiger partial charge on any atom is -0.317 e. The number of rotatable bonds is 8. The smallest absolute Gasteiger partial charge is 0.00206 e. The van der Waals surface area contributed by atoms with E-state index in [1.807, 2.05) is 0 Å². The Bertz CT molecular complexity index is 73.1. The van der Waals surface area contributed by atoms with Gasteiger partial charge in [-0.15, -0.1) is 0 Å². The van der Waals surface area contributed by atoms with Crippen LogP contribution in [-0.2, 0) is 0 Å². The second-order valence-corrected chi connectivity index (χ2v) is 3.60. The SMILES string of the molecule is CCCCC(CCC)CNCC. The van der Waals surface area contributed by atoms with Crippen LogP contribution in [0.3, 0.4) is 0 Å². The molecule has 0 radical (unpaired) electrons. The van der Waals surface area contributed by atoms with Gasteiger partial charge in [-0.05, 0) is 31.8 Å². The van der Waals surface area contributed by atoms with Gasteiger partial charge in [-0.1, -0.05) is 40.0 Å². The van der Waals surface area contributed by atoms with E-state index in [1.165, 1.54) is 38.6 Å². The third-order valence-electron chi connectivity index (χ3n) is 2.35. The Morgan fingerprint density at radius 3 is 2.25 bits per heavy atom. The molecule has 0 aromatic carbocycles. The summed E-state index contributed by atoms with van der Waals surface area (Å²) in [5, 5.41) is 3.44. The van der Waals surface area contributed by atoms with Gasteiger partial charge in [0.05, 0.1) is 0 Å². The fourth-order valence-corrected chi connectivity index (χ4v) is 1.60. The van der Waals surface area contributed by atoms with Gasteiger partial charge in [0, 0.05) is 0 Å². The van der Waals surface area contributed by atoms with E-state index in [0.717, 1.165) is 12.5 Å². The zero-order valence-electron chi connectivity index (χ0n) is 9.03. The number of hydrogen-bond acceptors (Lipinski definition) is 1. The predicted molar refractivity (Wildman–Crippen MR) is 56.5 cm³/mol. The Labute approximate surface area is 77.9 Å². The zero-order valence-corrected chi connectivity index (χ0v) is 9.03. The molecular formula is C11H25N. The minimum atomic E-state index is 0.926. The lowest BCUT2D eigenvalue weighted by Gasteiger charge is -2.15. The van der Waals surface area contributed by atoms with Crippen LogP contribution in [0.15, 0.2) is 0 Å². The standard InChI is InChI=1S/C11H25N/c1-4-7-9-11(8-5-2)10-12-6-3/h11-12H,4-10H2,1-3H3. The van der Waals surface area contributed by atoms with E-state index in [2.05, 4.69) is 26.1 Å². The van der Waals surface area contributed by atoms with E-state index >= 15 is 0 Å². The molecular weight excluding hydrogens is 146 g/mol. The van der Waals surface area contributed by atoms with Crippen LogP contribution in [0.5, 0.6) is 0 Å². The second kappa shape index (κ2) is 9.05. The fourth-order valence-electron chi connectivity index (χ4n) is 1.60. The Hall–Kier alpha value is -0.0400. The molecule has 0 saturated heterocycles. The monoisotopic (exact) mass is 171 g/mol. The van der Waals surface area contributed by atoms with Gasteiger partial charge in [0.15, 0.2) is 0 Å². The highest BCUT2D eigenvalue weighted by Gasteiger charge is 2.05. The average Bonchev–Trinajstić information content (AvgIpc) is 2.10. The summed E-state index contributed by atoms with van der Waals surface area (Å²) in [6.07, 6.45) is 6.88. The highest BCUT2D eigenvalue weighted by molar-refractivity contribution is 4.61. The summed E-state index contributed by atoms with van der Waals surface area (Å²) in [5.74, 6) is 0.926. The molecule has 0 aliphatic heterocycles. The van der Waals surface area contributed by atoms with Crippen molar-refractivity contribution in [3.63, 3.8) is 0 Å². The lowest BCUT2D eigenvalue weighted by Crippen LogP contribution is -2.22. The molecule has 74 valence electrons. The third-order valence-corrected chi connectivity index (χ3v) is 2.35. The van der Waals surface area contributed by atoms with Crippen LogP contribution >= 0.6 is 0 Å². The van der Waals surface area contributed by atoms with Gasteiger partial charge in [-0.25, -0.2) is 0 Å². The maximum atomic E-state index is 3.44. The van der Waals surface area contributed by atoms with Crippen LogP contribution in [0, 0.1) is 5.92 Å². The lowest BCUT2D eigenvalue weighted by molar-refractivity contribution is 0.406. The molecule has 0 saturated carbocycles. The molecule has 0 heterocycles. The minimum absolute atomic E-state index is 0.926. The molecule has 1 atom stereocenters. The van der Waals surface area contributed by atoms with Crippen molar-refractivity contribution in [2.75, 3.05) is 13.1 Å². The van der Waals surface area contributed by atoms with Crippen LogP contribution < -0.4 is 5.32 Å². The predicted octanol–water partition coefficient (Wildman–Crippen LogP) is 3.20. The largest absolute Gasteiger partial charge is 0.317 e. The summed E-state index contributed by atoms with van der Waals surface area (Å²) < 4.78 is 0. The molecule has 0 rings (SSSR count). The summed E-state index contributed by atoms with van der Waals surface area (Å²) in [4.78, 5) is 0. The van der Waals surface area contributed by atoms with E-state index in [0.29, 0.717) is 0 Å². The van der Waals surface area contributed by atoms with Gasteiger partial charge in [0.1, 0.15) is 0 Å². The first-order valence-electron chi connectivity index (χ1n) is 5.55. The van der Waals surface area contributed by atoms with Crippen molar-refractivity contribution in [2.24, 2.45) is 5.92 Å². The highest BCUT2D eigenvalue weighted by atomic mass is 14.8. The van der Waals surface area contributed by atoms with Gasteiger partial charge in [-0.2, -0.15) is 0 Å². The first-order valence-corrected chi connectivity index (χ1v) is 5.55. The van der Waals surface area contributed by atoms with Crippen molar-refractivity contribution in [1.82, 2.24) is 5.32 Å². The van der Waals surface area contributed by atoms with Crippen molar-refractivity contribution in [2.45, 2.75) is 52.9 Å². The highest BCUT2D eigenvalue weighted by Crippen LogP contribution is 2.13. The molecule has 0 aromatic heterocycles. The molecule has 0 bridgehead atoms. The molecule has 1 unspecified atom stereocenters. The number of unbranched alkanes of at least 4 members (excludes halogenated alkanes) is 1. The number of nitrogens with one attached hydrogen (secondary N) is 1. The summed E-state index contributed by atoms with van der Waals surface area (Å²) in [7, 11) is 0. The molecule has 0 fully saturated rings. The van der Waals surface area contributed by atoms with Crippen molar-refractivity contribution >= 4 is 0 Å². The van der Waals surface area contributed by atoms with Crippen molar-refractivity contribution < 1.29 is 0 Å². The van der Waals surface area contributed by atoms with Crippen molar-refractivity contribution in [3.05, 3.63) is 0 Å². The third kappa shape index (κ3) is 6.66. The number of hydrogen-bond donors (Lipinski definition) is 1. The van der Waals surface area contributed by atoms with E-state index in [-0.39, 0.29) is 0 Å². The fraction of sp³-hybridized carbons (Fsp3) is 1.00. The van der Waals surface area contributed by atoms with E-state index in [9.17, 15) is 0 Å². The summed E-state index contributed by atoms with van der Waals surface area (Å²) >= 11 is 0.